The first-order chi connectivity index (χ1) is 23.3. The van der Waals surface area contributed by atoms with Gasteiger partial charge in [-0.2, -0.15) is 0 Å². The van der Waals surface area contributed by atoms with E-state index in [1.807, 2.05) is 0 Å². The van der Waals surface area contributed by atoms with Gasteiger partial charge in [-0.15, -0.1) is 0 Å². The van der Waals surface area contributed by atoms with E-state index in [2.05, 4.69) is 149 Å². The molecule has 0 aliphatic heterocycles. The highest BCUT2D eigenvalue weighted by Crippen LogP contribution is 2.43. The van der Waals surface area contributed by atoms with Crippen molar-refractivity contribution in [2.75, 3.05) is 0 Å². The zero-order valence-corrected chi connectivity index (χ0v) is 29.9. The molecule has 4 N–H and O–H groups in total. The lowest BCUT2D eigenvalue weighted by molar-refractivity contribution is 0.882. The van der Waals surface area contributed by atoms with Crippen LogP contribution in [0.25, 0.3) is 21.5 Å². The summed E-state index contributed by atoms with van der Waals surface area (Å²) in [4.78, 5) is 15.0. The average Bonchev–Trinajstić information content (AvgIpc) is 3.87. The topological polar surface area (TPSA) is 63.2 Å². The molecule has 0 fully saturated rings. The Bertz CT molecular complexity index is 1990. The van der Waals surface area contributed by atoms with Gasteiger partial charge in [0.15, 0.2) is 0 Å². The number of rotatable bonds is 10. The van der Waals surface area contributed by atoms with Crippen LogP contribution in [0.3, 0.4) is 0 Å². The van der Waals surface area contributed by atoms with Crippen LogP contribution >= 0.6 is 0 Å². The van der Waals surface area contributed by atoms with Gasteiger partial charge >= 0.3 is 0 Å². The summed E-state index contributed by atoms with van der Waals surface area (Å²) in [5, 5.41) is 5.14. The van der Waals surface area contributed by atoms with Gasteiger partial charge in [-0.3, -0.25) is 0 Å². The maximum Gasteiger partial charge on any atom is 0.0652 e. The average molecular weight is 635 g/mol. The lowest BCUT2D eigenvalue weighted by Gasteiger charge is -2.23. The molecular formula is C44H50N4. The van der Waals surface area contributed by atoms with Crippen LogP contribution in [0, 0.1) is 27.7 Å². The molecule has 0 aliphatic rings. The van der Waals surface area contributed by atoms with Gasteiger partial charge in [0.1, 0.15) is 0 Å². The van der Waals surface area contributed by atoms with Crippen molar-refractivity contribution in [1.29, 1.82) is 0 Å². The third-order valence-electron chi connectivity index (χ3n) is 11.4. The van der Waals surface area contributed by atoms with E-state index in [1.54, 1.807) is 0 Å². The lowest BCUT2D eigenvalue weighted by atomic mass is 9.82. The molecule has 0 radical (unpaired) electrons. The molecule has 7 rings (SSSR count). The highest BCUT2D eigenvalue weighted by molar-refractivity contribution is 6.02. The zero-order chi connectivity index (χ0) is 33.7. The first-order valence-electron chi connectivity index (χ1n) is 17.9. The van der Waals surface area contributed by atoms with E-state index in [1.165, 1.54) is 100.0 Å². The number of nitrogens with one attached hydrogen (secondary N) is 4. The Kier molecular flexibility index (Phi) is 8.45. The summed E-state index contributed by atoms with van der Waals surface area (Å²) in [5.41, 5.74) is 18.7. The predicted octanol–water partition coefficient (Wildman–Crippen LogP) is 11.1. The molecule has 0 spiro atoms. The Morgan fingerprint density at radius 3 is 1.02 bits per heavy atom. The van der Waals surface area contributed by atoms with E-state index < -0.39 is 0 Å². The number of hydrogen-bond donors (Lipinski definition) is 4. The molecular weight excluding hydrogens is 585 g/mol. The molecule has 4 heterocycles. The molecule has 48 heavy (non-hydrogen) atoms. The highest BCUT2D eigenvalue weighted by atomic mass is 14.8. The van der Waals surface area contributed by atoms with Crippen molar-refractivity contribution < 1.29 is 0 Å². The molecule has 4 heteroatoms. The third-order valence-corrected chi connectivity index (χ3v) is 11.4. The van der Waals surface area contributed by atoms with Crippen LogP contribution in [0.4, 0.5) is 0 Å². The van der Waals surface area contributed by atoms with Crippen LogP contribution in [0.5, 0.6) is 0 Å². The van der Waals surface area contributed by atoms with Crippen LogP contribution < -0.4 is 0 Å². The fraction of sp³-hybridized carbons (Fsp3) is 0.318. The molecule has 246 valence electrons. The van der Waals surface area contributed by atoms with Gasteiger partial charge in [0.25, 0.3) is 0 Å². The highest BCUT2D eigenvalue weighted by Gasteiger charge is 2.29. The van der Waals surface area contributed by atoms with Crippen molar-refractivity contribution in [2.45, 2.75) is 92.9 Å². The summed E-state index contributed by atoms with van der Waals surface area (Å²) in [6, 6.07) is 18.6. The molecule has 0 saturated carbocycles. The maximum absolute atomic E-state index is 3.75. The second-order valence-corrected chi connectivity index (χ2v) is 13.7. The smallest absolute Gasteiger partial charge is 0.0652 e. The summed E-state index contributed by atoms with van der Waals surface area (Å²) in [7, 11) is 0. The summed E-state index contributed by atoms with van der Waals surface area (Å²) in [6.45, 7) is 18.1. The van der Waals surface area contributed by atoms with Crippen LogP contribution in [0.1, 0.15) is 118 Å². The minimum Gasteiger partial charge on any atom is -0.364 e. The molecule has 0 saturated heterocycles. The number of benzene rings is 3. The molecule has 0 atom stereocenters. The Balaban J connectivity index is 1.52. The number of hydrogen-bond acceptors (Lipinski definition) is 0. The zero-order valence-electron chi connectivity index (χ0n) is 29.9. The van der Waals surface area contributed by atoms with Crippen molar-refractivity contribution in [3.8, 4) is 0 Å². The molecule has 7 aromatic rings. The minimum atomic E-state index is 0.0604. The van der Waals surface area contributed by atoms with Crippen molar-refractivity contribution >= 4 is 21.5 Å². The summed E-state index contributed by atoms with van der Waals surface area (Å²) < 4.78 is 0. The number of aromatic nitrogens is 4. The van der Waals surface area contributed by atoms with Crippen LogP contribution in [0.2, 0.25) is 0 Å². The number of H-pyrrole nitrogens is 4. The maximum atomic E-state index is 3.75. The van der Waals surface area contributed by atoms with Crippen molar-refractivity contribution in [1.82, 2.24) is 19.9 Å². The second-order valence-electron chi connectivity index (χ2n) is 13.7. The minimum absolute atomic E-state index is 0.0604. The molecule has 0 aliphatic carbocycles. The van der Waals surface area contributed by atoms with E-state index >= 15 is 0 Å². The molecule has 0 bridgehead atoms. The third kappa shape index (κ3) is 5.05. The van der Waals surface area contributed by atoms with E-state index in [4.69, 9.17) is 0 Å². The van der Waals surface area contributed by atoms with E-state index in [9.17, 15) is 0 Å². The van der Waals surface area contributed by atoms with Gasteiger partial charge in [-0.25, -0.2) is 0 Å². The Morgan fingerprint density at radius 1 is 0.438 bits per heavy atom. The fourth-order valence-electron chi connectivity index (χ4n) is 8.40. The van der Waals surface area contributed by atoms with Gasteiger partial charge in [0, 0.05) is 47.6 Å². The number of aryl methyl sites for hydroxylation is 4. The monoisotopic (exact) mass is 634 g/mol. The van der Waals surface area contributed by atoms with E-state index in [-0.39, 0.29) is 11.8 Å². The molecule has 0 amide bonds. The first kappa shape index (κ1) is 31.9. The molecule has 0 unspecified atom stereocenters. The van der Waals surface area contributed by atoms with Crippen LogP contribution in [-0.4, -0.2) is 19.9 Å². The van der Waals surface area contributed by atoms with Gasteiger partial charge in [-0.1, -0.05) is 64.1 Å². The van der Waals surface area contributed by atoms with Crippen LogP contribution in [0.15, 0.2) is 73.3 Å². The predicted molar refractivity (Wildman–Crippen MR) is 203 cm³/mol. The van der Waals surface area contributed by atoms with Gasteiger partial charge < -0.3 is 19.9 Å². The number of fused-ring (bicyclic) bond motifs is 2. The quantitative estimate of drug-likeness (QED) is 0.108. The van der Waals surface area contributed by atoms with E-state index in [0.717, 1.165) is 25.7 Å². The van der Waals surface area contributed by atoms with Crippen molar-refractivity contribution in [3.63, 3.8) is 0 Å². The Labute approximate surface area is 285 Å². The normalized spacial score (nSPS) is 12.0. The second kappa shape index (κ2) is 12.7. The Morgan fingerprint density at radius 2 is 0.750 bits per heavy atom. The summed E-state index contributed by atoms with van der Waals surface area (Å²) in [5.74, 6) is 0.121. The largest absolute Gasteiger partial charge is 0.364 e. The van der Waals surface area contributed by atoms with Gasteiger partial charge in [0.2, 0.25) is 0 Å². The lowest BCUT2D eigenvalue weighted by Crippen LogP contribution is -2.10. The Hall–Kier alpha value is -4.70. The molecule has 4 aromatic heterocycles. The van der Waals surface area contributed by atoms with Crippen molar-refractivity contribution in [3.05, 3.63) is 152 Å². The van der Waals surface area contributed by atoms with Gasteiger partial charge in [-0.05, 0) is 143 Å². The van der Waals surface area contributed by atoms with Crippen LogP contribution in [-0.2, 0) is 25.7 Å². The molecule has 3 aromatic carbocycles. The first-order valence-corrected chi connectivity index (χ1v) is 17.9. The number of aromatic amines is 4. The van der Waals surface area contributed by atoms with Gasteiger partial charge in [0.05, 0.1) is 11.8 Å². The van der Waals surface area contributed by atoms with E-state index in [0.29, 0.717) is 0 Å². The summed E-state index contributed by atoms with van der Waals surface area (Å²) in [6.07, 6.45) is 12.9. The van der Waals surface area contributed by atoms with Crippen molar-refractivity contribution in [2.24, 2.45) is 0 Å². The molecule has 4 nitrogen and oxygen atoms in total. The fourth-order valence-corrected chi connectivity index (χ4v) is 8.40. The standard InChI is InChI=1S/C44H50N4/c1-9-29-21-45-41(25(29)5)39(42-26(6)30(10-2)22-46-42)35-17-13-15-33-19-34-16-14-18-36(38(34)20-37(33)35)40(43-27(7)31(11-3)23-47-43)44-28(8)32(12-4)24-48-44/h13-24,39-40,45-48H,9-12H2,1-8H3. The summed E-state index contributed by atoms with van der Waals surface area (Å²) >= 11 is 0. The SMILES string of the molecule is CCc1c[nH]c(C(c2[nH]cc(CC)c2C)c2cccc3cc4cccc(C(c5[nH]cc(CC)c5C)c5[nH]cc(CC)c5C)c4cc23)c1C.